The number of rotatable bonds is 8. The standard InChI is InChI=1S/C21H36N6O2/c1-4-28-12-7-11-22-20(23-14-17-26-25-15(2)27(17)3)24-18-16-8-13-29-19(16)21(18)9-5-6-10-21/h16,18-19H,4-14H2,1-3H3,(H2,22,23,24). The molecule has 8 nitrogen and oxygen atoms in total. The predicted molar refractivity (Wildman–Crippen MR) is 112 cm³/mol. The Morgan fingerprint density at radius 3 is 2.90 bits per heavy atom. The Labute approximate surface area is 173 Å². The van der Waals surface area contributed by atoms with E-state index in [-0.39, 0.29) is 0 Å². The third-order valence-electron chi connectivity index (χ3n) is 7.10. The molecule has 3 atom stereocenters. The van der Waals surface area contributed by atoms with E-state index in [4.69, 9.17) is 14.5 Å². The quantitative estimate of drug-likeness (QED) is 0.391. The maximum absolute atomic E-state index is 6.14. The van der Waals surface area contributed by atoms with Gasteiger partial charge in [0.25, 0.3) is 0 Å². The summed E-state index contributed by atoms with van der Waals surface area (Å²) in [5.74, 6) is 3.28. The second kappa shape index (κ2) is 9.00. The van der Waals surface area contributed by atoms with Gasteiger partial charge in [0.15, 0.2) is 11.8 Å². The lowest BCUT2D eigenvalue weighted by Crippen LogP contribution is -2.69. The van der Waals surface area contributed by atoms with Crippen LogP contribution in [0.15, 0.2) is 4.99 Å². The van der Waals surface area contributed by atoms with Crippen LogP contribution in [0, 0.1) is 18.3 Å². The first kappa shape index (κ1) is 20.6. The van der Waals surface area contributed by atoms with E-state index in [9.17, 15) is 0 Å². The smallest absolute Gasteiger partial charge is 0.191 e. The zero-order valence-electron chi connectivity index (χ0n) is 18.1. The van der Waals surface area contributed by atoms with Gasteiger partial charge in [-0.1, -0.05) is 12.8 Å². The van der Waals surface area contributed by atoms with Gasteiger partial charge in [-0.15, -0.1) is 10.2 Å². The van der Waals surface area contributed by atoms with Crippen molar-refractivity contribution in [2.75, 3.05) is 26.4 Å². The molecule has 3 unspecified atom stereocenters. The van der Waals surface area contributed by atoms with Crippen molar-refractivity contribution < 1.29 is 9.47 Å². The molecule has 0 radical (unpaired) electrons. The van der Waals surface area contributed by atoms with Crippen molar-refractivity contribution in [1.82, 2.24) is 25.4 Å². The van der Waals surface area contributed by atoms with Gasteiger partial charge in [0.1, 0.15) is 12.4 Å². The molecule has 1 aromatic rings. The van der Waals surface area contributed by atoms with Crippen LogP contribution in [-0.2, 0) is 23.1 Å². The highest BCUT2D eigenvalue weighted by Crippen LogP contribution is 2.60. The minimum atomic E-state index is 0.302. The van der Waals surface area contributed by atoms with E-state index in [0.29, 0.717) is 30.0 Å². The molecule has 3 fully saturated rings. The lowest BCUT2D eigenvalue weighted by Gasteiger charge is -2.57. The number of fused-ring (bicyclic) bond motifs is 2. The van der Waals surface area contributed by atoms with Gasteiger partial charge in [-0.05, 0) is 39.5 Å². The number of nitrogens with zero attached hydrogens (tertiary/aromatic N) is 4. The molecular weight excluding hydrogens is 368 g/mol. The molecule has 8 heteroatoms. The topological polar surface area (TPSA) is 85.6 Å². The van der Waals surface area contributed by atoms with E-state index in [0.717, 1.165) is 56.8 Å². The van der Waals surface area contributed by atoms with Crippen molar-refractivity contribution in [2.24, 2.45) is 23.4 Å². The molecule has 2 N–H and O–H groups in total. The maximum atomic E-state index is 6.14. The van der Waals surface area contributed by atoms with Crippen LogP contribution in [0.1, 0.15) is 57.1 Å². The van der Waals surface area contributed by atoms with Crippen LogP contribution in [0.4, 0.5) is 0 Å². The Hall–Kier alpha value is -1.67. The summed E-state index contributed by atoms with van der Waals surface area (Å²) in [7, 11) is 1.99. The van der Waals surface area contributed by atoms with Crippen molar-refractivity contribution in [2.45, 2.75) is 71.1 Å². The number of ether oxygens (including phenoxy) is 2. The molecule has 0 bridgehead atoms. The normalized spacial score (nSPS) is 27.8. The summed E-state index contributed by atoms with van der Waals surface area (Å²) in [6.45, 7) is 7.79. The Morgan fingerprint density at radius 1 is 1.34 bits per heavy atom. The van der Waals surface area contributed by atoms with Crippen molar-refractivity contribution in [1.29, 1.82) is 0 Å². The molecule has 3 aliphatic rings. The summed E-state index contributed by atoms with van der Waals surface area (Å²) < 4.78 is 13.6. The second-order valence-electron chi connectivity index (χ2n) is 8.67. The number of aliphatic imine (C=N–C) groups is 1. The van der Waals surface area contributed by atoms with E-state index in [1.54, 1.807) is 0 Å². The van der Waals surface area contributed by atoms with E-state index in [1.807, 2.05) is 25.5 Å². The second-order valence-corrected chi connectivity index (χ2v) is 8.67. The summed E-state index contributed by atoms with van der Waals surface area (Å²) >= 11 is 0. The molecule has 0 aromatic carbocycles. The SMILES string of the molecule is CCOCCCNC(=NCc1nnc(C)n1C)NC1C2CCOC2C12CCCC2. The third kappa shape index (κ3) is 4.01. The van der Waals surface area contributed by atoms with Crippen molar-refractivity contribution >= 4 is 5.96 Å². The fourth-order valence-electron chi connectivity index (χ4n) is 5.47. The Kier molecular flexibility index (Phi) is 6.39. The maximum Gasteiger partial charge on any atom is 0.191 e. The first-order chi connectivity index (χ1) is 14.2. The minimum Gasteiger partial charge on any atom is -0.382 e. The Balaban J connectivity index is 1.44. The van der Waals surface area contributed by atoms with Crippen LogP contribution in [0.25, 0.3) is 0 Å². The van der Waals surface area contributed by atoms with Crippen LogP contribution < -0.4 is 10.6 Å². The molecule has 1 spiro atoms. The van der Waals surface area contributed by atoms with Crippen molar-refractivity contribution in [3.05, 3.63) is 11.6 Å². The van der Waals surface area contributed by atoms with E-state index >= 15 is 0 Å². The van der Waals surface area contributed by atoms with Gasteiger partial charge in [0, 0.05) is 50.8 Å². The van der Waals surface area contributed by atoms with Gasteiger partial charge in [-0.2, -0.15) is 0 Å². The van der Waals surface area contributed by atoms with Crippen molar-refractivity contribution in [3.63, 3.8) is 0 Å². The Bertz CT molecular complexity index is 712. The lowest BCUT2D eigenvalue weighted by molar-refractivity contribution is -0.125. The molecule has 2 aliphatic carbocycles. The molecule has 2 saturated carbocycles. The first-order valence-electron chi connectivity index (χ1n) is 11.2. The average Bonchev–Trinajstić information content (AvgIpc) is 3.45. The largest absolute Gasteiger partial charge is 0.382 e. The molecule has 1 saturated heterocycles. The highest BCUT2D eigenvalue weighted by Gasteiger charge is 2.65. The molecule has 0 amide bonds. The molecular formula is C21H36N6O2. The van der Waals surface area contributed by atoms with E-state index < -0.39 is 0 Å². The summed E-state index contributed by atoms with van der Waals surface area (Å²) in [4.78, 5) is 4.87. The summed E-state index contributed by atoms with van der Waals surface area (Å²) in [5, 5.41) is 15.7. The van der Waals surface area contributed by atoms with Crippen LogP contribution >= 0.6 is 0 Å². The van der Waals surface area contributed by atoms with Gasteiger partial charge < -0.3 is 24.7 Å². The zero-order chi connectivity index (χ0) is 20.3. The number of hydrogen-bond donors (Lipinski definition) is 2. The van der Waals surface area contributed by atoms with Gasteiger partial charge in [0.05, 0.1) is 6.10 Å². The van der Waals surface area contributed by atoms with Crippen LogP contribution in [-0.4, -0.2) is 59.2 Å². The molecule has 4 rings (SSSR count). The first-order valence-corrected chi connectivity index (χ1v) is 11.2. The molecule has 1 aromatic heterocycles. The van der Waals surface area contributed by atoms with Gasteiger partial charge in [-0.3, -0.25) is 0 Å². The highest BCUT2D eigenvalue weighted by atomic mass is 16.5. The van der Waals surface area contributed by atoms with Crippen LogP contribution in [0.5, 0.6) is 0 Å². The molecule has 1 aliphatic heterocycles. The van der Waals surface area contributed by atoms with Gasteiger partial charge in [0.2, 0.25) is 0 Å². The highest BCUT2D eigenvalue weighted by molar-refractivity contribution is 5.80. The monoisotopic (exact) mass is 404 g/mol. The fourth-order valence-corrected chi connectivity index (χ4v) is 5.47. The van der Waals surface area contributed by atoms with E-state index in [1.165, 1.54) is 25.7 Å². The third-order valence-corrected chi connectivity index (χ3v) is 7.10. The molecule has 2 heterocycles. The number of aryl methyl sites for hydroxylation is 1. The number of nitrogens with one attached hydrogen (secondary N) is 2. The lowest BCUT2D eigenvalue weighted by atomic mass is 9.54. The number of aromatic nitrogens is 3. The van der Waals surface area contributed by atoms with E-state index in [2.05, 4.69) is 20.8 Å². The summed E-state index contributed by atoms with van der Waals surface area (Å²) in [5.41, 5.74) is 0.302. The average molecular weight is 405 g/mol. The summed E-state index contributed by atoms with van der Waals surface area (Å²) in [6.07, 6.45) is 7.74. The summed E-state index contributed by atoms with van der Waals surface area (Å²) in [6, 6.07) is 0.455. The van der Waals surface area contributed by atoms with Crippen LogP contribution in [0.3, 0.4) is 0 Å². The molecule has 29 heavy (non-hydrogen) atoms. The van der Waals surface area contributed by atoms with Crippen molar-refractivity contribution in [3.8, 4) is 0 Å². The fraction of sp³-hybridized carbons (Fsp3) is 0.857. The molecule has 162 valence electrons. The van der Waals surface area contributed by atoms with Crippen LogP contribution in [0.2, 0.25) is 0 Å². The number of hydrogen-bond acceptors (Lipinski definition) is 5. The van der Waals surface area contributed by atoms with Gasteiger partial charge >= 0.3 is 0 Å². The number of guanidine groups is 1. The zero-order valence-corrected chi connectivity index (χ0v) is 18.1. The van der Waals surface area contributed by atoms with Gasteiger partial charge in [-0.25, -0.2) is 4.99 Å². The Morgan fingerprint density at radius 2 is 2.17 bits per heavy atom. The predicted octanol–water partition coefficient (Wildman–Crippen LogP) is 1.93. The minimum absolute atomic E-state index is 0.302.